The normalized spacial score (nSPS) is 10.3. The zero-order valence-corrected chi connectivity index (χ0v) is 16.8. The van der Waals surface area contributed by atoms with Gasteiger partial charge in [0.05, 0.1) is 5.56 Å². The number of carboxylic acids is 1. The van der Waals surface area contributed by atoms with Crippen molar-refractivity contribution in [3.63, 3.8) is 0 Å². The van der Waals surface area contributed by atoms with Crippen molar-refractivity contribution in [2.75, 3.05) is 0 Å². The first-order valence-electron chi connectivity index (χ1n) is 8.68. The molecule has 4 heteroatoms. The summed E-state index contributed by atoms with van der Waals surface area (Å²) in [7, 11) is 0. The molecule has 3 nitrogen and oxygen atoms in total. The predicted octanol–water partition coefficient (Wildman–Crippen LogP) is 1.93. The van der Waals surface area contributed by atoms with E-state index in [9.17, 15) is 9.90 Å². The Balaban J connectivity index is 0.00000484. The zero-order valence-electron chi connectivity index (χ0n) is 14.8. The Bertz CT molecular complexity index is 446. The molecule has 0 heterocycles. The van der Waals surface area contributed by atoms with Gasteiger partial charge in [-0.05, 0) is 25.0 Å². The molecule has 23 heavy (non-hydrogen) atoms. The molecule has 0 fully saturated rings. The van der Waals surface area contributed by atoms with E-state index in [1.165, 1.54) is 69.6 Å². The van der Waals surface area contributed by atoms with Crippen LogP contribution in [0, 0.1) is 0 Å². The number of carboxylic acid groups (broad SMARTS) is 1. The van der Waals surface area contributed by atoms with Crippen molar-refractivity contribution < 1.29 is 44.6 Å². The molecule has 0 aliphatic heterocycles. The molecule has 0 atom stereocenters. The second-order valence-corrected chi connectivity index (χ2v) is 6.06. The maximum atomic E-state index is 11.7. The molecule has 0 saturated heterocycles. The molecule has 0 bridgehead atoms. The van der Waals surface area contributed by atoms with Crippen molar-refractivity contribution in [3.8, 4) is 5.75 Å². The molecule has 0 spiro atoms. The minimum absolute atomic E-state index is 0. The second kappa shape index (κ2) is 13.9. The third kappa shape index (κ3) is 10.1. The summed E-state index contributed by atoms with van der Waals surface area (Å²) < 4.78 is 0. The number of aromatic carboxylic acids is 1. The fourth-order valence-electron chi connectivity index (χ4n) is 2.71. The molecular weight excluding hydrogens is 299 g/mol. The summed E-state index contributed by atoms with van der Waals surface area (Å²) >= 11 is 0. The zero-order chi connectivity index (χ0) is 16.2. The van der Waals surface area contributed by atoms with Gasteiger partial charge >= 0.3 is 35.5 Å². The van der Waals surface area contributed by atoms with Crippen LogP contribution in [0.3, 0.4) is 0 Å². The van der Waals surface area contributed by atoms with E-state index >= 15 is 0 Å². The van der Waals surface area contributed by atoms with Crippen LogP contribution in [0.4, 0.5) is 0 Å². The fourth-order valence-corrected chi connectivity index (χ4v) is 2.71. The quantitative estimate of drug-likeness (QED) is 0.471. The largest absolute Gasteiger partial charge is 1.00 e. The molecule has 0 amide bonds. The Kier molecular flexibility index (Phi) is 13.6. The van der Waals surface area contributed by atoms with Gasteiger partial charge in [0.2, 0.25) is 0 Å². The van der Waals surface area contributed by atoms with Crippen LogP contribution in [0.25, 0.3) is 0 Å². The molecule has 1 aromatic rings. The number of carbonyl (C=O) groups is 1. The summed E-state index contributed by atoms with van der Waals surface area (Å²) in [6, 6.07) is 4.28. The van der Waals surface area contributed by atoms with E-state index in [1.54, 1.807) is 0 Å². The molecule has 0 aliphatic rings. The van der Waals surface area contributed by atoms with Crippen molar-refractivity contribution in [2.24, 2.45) is 0 Å². The molecule has 0 saturated carbocycles. The smallest absolute Gasteiger partial charge is 0.872 e. The van der Waals surface area contributed by atoms with E-state index in [4.69, 9.17) is 5.11 Å². The van der Waals surface area contributed by atoms with Crippen molar-refractivity contribution in [3.05, 3.63) is 29.3 Å². The van der Waals surface area contributed by atoms with Gasteiger partial charge in [-0.1, -0.05) is 76.3 Å². The van der Waals surface area contributed by atoms with E-state index in [0.717, 1.165) is 12.8 Å². The number of unbranched alkanes of at least 4 members (excludes halogenated alkanes) is 9. The number of hydrogen-bond acceptors (Lipinski definition) is 2. The van der Waals surface area contributed by atoms with Gasteiger partial charge in [-0.25, -0.2) is 4.79 Å². The topological polar surface area (TPSA) is 60.4 Å². The van der Waals surface area contributed by atoms with Crippen LogP contribution in [-0.4, -0.2) is 11.1 Å². The number of rotatable bonds is 12. The average molecular weight is 328 g/mol. The van der Waals surface area contributed by atoms with Crippen LogP contribution in [0.5, 0.6) is 5.75 Å². The third-order valence-electron chi connectivity index (χ3n) is 4.11. The molecule has 1 aromatic carbocycles. The summed E-state index contributed by atoms with van der Waals surface area (Å²) in [5, 5.41) is 20.6. The van der Waals surface area contributed by atoms with Crippen molar-refractivity contribution in [1.29, 1.82) is 0 Å². The van der Waals surface area contributed by atoms with Gasteiger partial charge in [0.15, 0.2) is 0 Å². The number of benzene rings is 1. The van der Waals surface area contributed by atoms with Gasteiger partial charge in [0.1, 0.15) is 0 Å². The van der Waals surface area contributed by atoms with E-state index in [2.05, 4.69) is 6.92 Å². The molecule has 1 rings (SSSR count). The van der Waals surface area contributed by atoms with Gasteiger partial charge in [-0.3, -0.25) is 0 Å². The third-order valence-corrected chi connectivity index (χ3v) is 4.11. The van der Waals surface area contributed by atoms with Crippen LogP contribution >= 0.6 is 0 Å². The van der Waals surface area contributed by atoms with Crippen LogP contribution in [0.2, 0.25) is 0 Å². The SMILES string of the molecule is CCCCCCCCCCCCc1cc(C(=O)O)ccc1[O-].[Na+]. The summed E-state index contributed by atoms with van der Waals surface area (Å²) in [6.07, 6.45) is 13.3. The summed E-state index contributed by atoms with van der Waals surface area (Å²) in [5.41, 5.74) is 0.848. The Morgan fingerprint density at radius 2 is 1.48 bits per heavy atom. The van der Waals surface area contributed by atoms with E-state index in [1.807, 2.05) is 0 Å². The molecule has 0 aliphatic carbocycles. The van der Waals surface area contributed by atoms with Crippen LogP contribution in [0.15, 0.2) is 18.2 Å². The number of aryl methyl sites for hydroxylation is 1. The monoisotopic (exact) mass is 328 g/mol. The molecule has 124 valence electrons. The predicted molar refractivity (Wildman–Crippen MR) is 88.4 cm³/mol. The molecule has 0 radical (unpaired) electrons. The maximum absolute atomic E-state index is 11.7. The van der Waals surface area contributed by atoms with Crippen LogP contribution < -0.4 is 34.7 Å². The first kappa shape index (κ1) is 22.5. The molecular formula is C19H29NaO3. The average Bonchev–Trinajstić information content (AvgIpc) is 2.50. The maximum Gasteiger partial charge on any atom is 1.00 e. The second-order valence-electron chi connectivity index (χ2n) is 6.06. The molecule has 0 aromatic heterocycles. The van der Waals surface area contributed by atoms with Gasteiger partial charge in [-0.2, -0.15) is 0 Å². The van der Waals surface area contributed by atoms with Crippen molar-refractivity contribution >= 4 is 5.97 Å². The molecule has 0 unspecified atom stereocenters. The Morgan fingerprint density at radius 3 is 2.00 bits per heavy atom. The standard InChI is InChI=1S/C19H30O3.Na/c1-2-3-4-5-6-7-8-9-10-11-12-16-15-17(19(21)22)13-14-18(16)20;/h13-15,20H,2-12H2,1H3,(H,21,22);/q;+1/p-1. The Morgan fingerprint density at radius 1 is 0.957 bits per heavy atom. The summed E-state index contributed by atoms with van der Waals surface area (Å²) in [5.74, 6) is -1.01. The van der Waals surface area contributed by atoms with Crippen LogP contribution in [-0.2, 0) is 6.42 Å². The van der Waals surface area contributed by atoms with E-state index < -0.39 is 5.97 Å². The summed E-state index contributed by atoms with van der Waals surface area (Å²) in [4.78, 5) is 10.9. The van der Waals surface area contributed by atoms with Crippen molar-refractivity contribution in [2.45, 2.75) is 77.6 Å². The Labute approximate surface area is 162 Å². The van der Waals surface area contributed by atoms with Gasteiger partial charge < -0.3 is 10.2 Å². The fraction of sp³-hybridized carbons (Fsp3) is 0.632. The Hall–Kier alpha value is -0.510. The first-order valence-corrected chi connectivity index (χ1v) is 8.68. The summed E-state index contributed by atoms with van der Waals surface area (Å²) in [6.45, 7) is 2.24. The minimum Gasteiger partial charge on any atom is -0.872 e. The van der Waals surface area contributed by atoms with E-state index in [-0.39, 0.29) is 40.9 Å². The van der Waals surface area contributed by atoms with E-state index in [0.29, 0.717) is 12.0 Å². The first-order chi connectivity index (χ1) is 10.6. The van der Waals surface area contributed by atoms with Gasteiger partial charge in [0.25, 0.3) is 0 Å². The van der Waals surface area contributed by atoms with Gasteiger partial charge in [0, 0.05) is 0 Å². The number of hydrogen-bond donors (Lipinski definition) is 1. The van der Waals surface area contributed by atoms with Crippen LogP contribution in [0.1, 0.15) is 87.1 Å². The van der Waals surface area contributed by atoms with Gasteiger partial charge in [-0.15, -0.1) is 5.75 Å². The molecule has 1 N–H and O–H groups in total. The minimum atomic E-state index is -0.968. The van der Waals surface area contributed by atoms with Crippen molar-refractivity contribution in [1.82, 2.24) is 0 Å².